The Morgan fingerprint density at radius 3 is 2.50 bits per heavy atom. The smallest absolute Gasteiger partial charge is 0.329 e. The summed E-state index contributed by atoms with van der Waals surface area (Å²) in [6, 6.07) is 7.15. The molecule has 0 spiro atoms. The van der Waals surface area contributed by atoms with Gasteiger partial charge in [0.25, 0.3) is 5.91 Å². The van der Waals surface area contributed by atoms with Gasteiger partial charge in [0.15, 0.2) is 6.61 Å². The number of benzene rings is 1. The highest BCUT2D eigenvalue weighted by molar-refractivity contribution is 6.08. The predicted molar refractivity (Wildman–Crippen MR) is 97.4 cm³/mol. The Bertz CT molecular complexity index is 875. The Morgan fingerprint density at radius 1 is 1.25 bits per heavy atom. The van der Waals surface area contributed by atoms with Gasteiger partial charge in [0, 0.05) is 5.69 Å². The van der Waals surface area contributed by atoms with Crippen LogP contribution in [-0.4, -0.2) is 41.2 Å². The molecule has 3 rings (SSSR count). The summed E-state index contributed by atoms with van der Waals surface area (Å²) < 4.78 is 4.98. The van der Waals surface area contributed by atoms with E-state index < -0.39 is 36.4 Å². The summed E-state index contributed by atoms with van der Waals surface area (Å²) in [6.45, 7) is 0.849. The molecule has 28 heavy (non-hydrogen) atoms. The first kappa shape index (κ1) is 19.3. The number of nitrogens with one attached hydrogen (secondary N) is 1. The van der Waals surface area contributed by atoms with E-state index in [4.69, 9.17) is 10.00 Å². The van der Waals surface area contributed by atoms with Crippen molar-refractivity contribution in [2.24, 2.45) is 11.8 Å². The number of imide groups is 1. The average Bonchev–Trinajstić information content (AvgIpc) is 2.96. The highest BCUT2D eigenvalue weighted by atomic mass is 16.5. The van der Waals surface area contributed by atoms with Crippen LogP contribution in [0.1, 0.15) is 25.3 Å². The molecule has 1 fully saturated rings. The second kappa shape index (κ2) is 8.05. The number of hydrogen-bond acceptors (Lipinski definition) is 6. The predicted octanol–water partition coefficient (Wildman–Crippen LogP) is 1.38. The number of allylic oxidation sites excluding steroid dienone is 2. The van der Waals surface area contributed by atoms with Crippen LogP contribution in [0.25, 0.3) is 0 Å². The van der Waals surface area contributed by atoms with Gasteiger partial charge in [0.1, 0.15) is 6.04 Å². The van der Waals surface area contributed by atoms with Crippen molar-refractivity contribution in [3.05, 3.63) is 42.0 Å². The van der Waals surface area contributed by atoms with Gasteiger partial charge in [-0.3, -0.25) is 19.3 Å². The number of hydrogen-bond donors (Lipinski definition) is 1. The molecule has 1 N–H and O–H groups in total. The SMILES string of the molecule is C[C@@H](C(=O)OCC(=O)Nc1cccc(C#N)c1)N1C(=O)[C@H]2CC=CC[C@@H]2C1=O. The minimum atomic E-state index is -1.10. The maximum absolute atomic E-state index is 12.5. The number of likely N-dealkylation sites (tertiary alicyclic amines) is 1. The molecule has 0 radical (unpaired) electrons. The molecular formula is C20H19N3O5. The lowest BCUT2D eigenvalue weighted by atomic mass is 9.85. The van der Waals surface area contributed by atoms with Crippen molar-refractivity contribution >= 4 is 29.4 Å². The van der Waals surface area contributed by atoms with Crippen molar-refractivity contribution in [2.75, 3.05) is 11.9 Å². The van der Waals surface area contributed by atoms with Gasteiger partial charge in [-0.2, -0.15) is 5.26 Å². The molecule has 1 aromatic rings. The van der Waals surface area contributed by atoms with E-state index in [9.17, 15) is 19.2 Å². The number of ether oxygens (including phenoxy) is 1. The molecule has 1 aliphatic heterocycles. The fourth-order valence-corrected chi connectivity index (χ4v) is 3.43. The number of anilines is 1. The molecule has 0 saturated carbocycles. The van der Waals surface area contributed by atoms with Crippen molar-refractivity contribution in [1.29, 1.82) is 5.26 Å². The Hall–Kier alpha value is -3.47. The number of carbonyl (C=O) groups excluding carboxylic acids is 4. The number of carbonyl (C=O) groups is 4. The third kappa shape index (κ3) is 3.78. The maximum Gasteiger partial charge on any atom is 0.329 e. The molecule has 0 unspecified atom stereocenters. The van der Waals surface area contributed by atoms with Crippen LogP contribution in [0, 0.1) is 23.2 Å². The fraction of sp³-hybridized carbons (Fsp3) is 0.350. The molecule has 1 aromatic carbocycles. The number of nitriles is 1. The second-order valence-corrected chi connectivity index (χ2v) is 6.73. The van der Waals surface area contributed by atoms with Gasteiger partial charge in [-0.1, -0.05) is 18.2 Å². The largest absolute Gasteiger partial charge is 0.454 e. The molecule has 8 heteroatoms. The molecule has 0 bridgehead atoms. The maximum atomic E-state index is 12.5. The zero-order valence-electron chi connectivity index (χ0n) is 15.3. The zero-order valence-corrected chi connectivity index (χ0v) is 15.3. The van der Waals surface area contributed by atoms with Crippen LogP contribution in [-0.2, 0) is 23.9 Å². The highest BCUT2D eigenvalue weighted by Gasteiger charge is 2.50. The topological polar surface area (TPSA) is 117 Å². The standard InChI is InChI=1S/C20H19N3O5/c1-12(23-18(25)15-7-2-3-8-16(15)19(23)26)20(27)28-11-17(24)22-14-6-4-5-13(9-14)10-21/h2-6,9,12,15-16H,7-8,11H2,1H3,(H,22,24)/t12-,15-,16-/m0/s1. The van der Waals surface area contributed by atoms with Crippen LogP contribution in [0.2, 0.25) is 0 Å². The van der Waals surface area contributed by atoms with Crippen LogP contribution in [0.5, 0.6) is 0 Å². The number of esters is 1. The van der Waals surface area contributed by atoms with Crippen LogP contribution < -0.4 is 5.32 Å². The van der Waals surface area contributed by atoms with Crippen LogP contribution in [0.4, 0.5) is 5.69 Å². The van der Waals surface area contributed by atoms with Gasteiger partial charge in [-0.15, -0.1) is 0 Å². The van der Waals surface area contributed by atoms with Crippen molar-refractivity contribution in [2.45, 2.75) is 25.8 Å². The Balaban J connectivity index is 1.56. The van der Waals surface area contributed by atoms with Crippen molar-refractivity contribution in [1.82, 2.24) is 4.90 Å². The molecule has 3 atom stereocenters. The van der Waals surface area contributed by atoms with Gasteiger partial charge < -0.3 is 10.1 Å². The molecular weight excluding hydrogens is 362 g/mol. The first-order valence-electron chi connectivity index (χ1n) is 8.91. The molecule has 144 valence electrons. The van der Waals surface area contributed by atoms with Crippen molar-refractivity contribution in [3.8, 4) is 6.07 Å². The van der Waals surface area contributed by atoms with Gasteiger partial charge in [-0.05, 0) is 38.0 Å². The second-order valence-electron chi connectivity index (χ2n) is 6.73. The van der Waals surface area contributed by atoms with Gasteiger partial charge in [-0.25, -0.2) is 4.79 Å². The minimum absolute atomic E-state index is 0.374. The van der Waals surface area contributed by atoms with Gasteiger partial charge in [0.2, 0.25) is 11.8 Å². The summed E-state index contributed by atoms with van der Waals surface area (Å²) in [5, 5.41) is 11.4. The third-order valence-electron chi connectivity index (χ3n) is 4.89. The lowest BCUT2D eigenvalue weighted by molar-refractivity contribution is -0.159. The zero-order chi connectivity index (χ0) is 20.3. The van der Waals surface area contributed by atoms with Gasteiger partial charge >= 0.3 is 5.97 Å². The minimum Gasteiger partial charge on any atom is -0.454 e. The highest BCUT2D eigenvalue weighted by Crippen LogP contribution is 2.36. The first-order valence-corrected chi connectivity index (χ1v) is 8.91. The van der Waals surface area contributed by atoms with Crippen molar-refractivity contribution < 1.29 is 23.9 Å². The van der Waals surface area contributed by atoms with E-state index in [1.807, 2.05) is 18.2 Å². The molecule has 1 aliphatic carbocycles. The van der Waals surface area contributed by atoms with E-state index >= 15 is 0 Å². The summed E-state index contributed by atoms with van der Waals surface area (Å²) >= 11 is 0. The van der Waals surface area contributed by atoms with E-state index in [1.165, 1.54) is 13.0 Å². The average molecular weight is 381 g/mol. The summed E-state index contributed by atoms with van der Waals surface area (Å²) in [6.07, 6.45) is 4.70. The summed E-state index contributed by atoms with van der Waals surface area (Å²) in [5.41, 5.74) is 0.778. The number of rotatable bonds is 5. The van der Waals surface area contributed by atoms with Crippen molar-refractivity contribution in [3.63, 3.8) is 0 Å². The molecule has 3 amide bonds. The van der Waals surface area contributed by atoms with E-state index in [0.29, 0.717) is 24.1 Å². The number of nitrogens with zero attached hydrogens (tertiary/aromatic N) is 2. The molecule has 2 aliphatic rings. The van der Waals surface area contributed by atoms with Crippen LogP contribution >= 0.6 is 0 Å². The van der Waals surface area contributed by atoms with Crippen LogP contribution in [0.3, 0.4) is 0 Å². The van der Waals surface area contributed by atoms with Gasteiger partial charge in [0.05, 0.1) is 23.5 Å². The van der Waals surface area contributed by atoms with E-state index in [1.54, 1.807) is 18.2 Å². The quantitative estimate of drug-likeness (QED) is 0.468. The molecule has 1 saturated heterocycles. The Kier molecular flexibility index (Phi) is 5.54. The fourth-order valence-electron chi connectivity index (χ4n) is 3.43. The normalized spacial score (nSPS) is 21.6. The summed E-state index contributed by atoms with van der Waals surface area (Å²) in [4.78, 5) is 50.2. The van der Waals surface area contributed by atoms with E-state index in [0.717, 1.165) is 4.90 Å². The van der Waals surface area contributed by atoms with E-state index in [2.05, 4.69) is 5.32 Å². The Labute approximate surface area is 161 Å². The summed E-state index contributed by atoms with van der Waals surface area (Å²) in [7, 11) is 0. The lowest BCUT2D eigenvalue weighted by Gasteiger charge is -2.21. The molecule has 0 aromatic heterocycles. The van der Waals surface area contributed by atoms with Crippen LogP contribution in [0.15, 0.2) is 36.4 Å². The first-order chi connectivity index (χ1) is 13.4. The lowest BCUT2D eigenvalue weighted by Crippen LogP contribution is -2.45. The van der Waals surface area contributed by atoms with E-state index in [-0.39, 0.29) is 11.8 Å². The Morgan fingerprint density at radius 2 is 1.89 bits per heavy atom. The molecule has 8 nitrogen and oxygen atoms in total. The third-order valence-corrected chi connectivity index (χ3v) is 4.89. The number of fused-ring (bicyclic) bond motifs is 1. The molecule has 1 heterocycles. The number of amides is 3. The summed E-state index contributed by atoms with van der Waals surface area (Å²) in [5.74, 6) is -3.02. The monoisotopic (exact) mass is 381 g/mol.